The summed E-state index contributed by atoms with van der Waals surface area (Å²) >= 11 is 1.38. The number of amides is 1. The van der Waals surface area contributed by atoms with Gasteiger partial charge in [-0.05, 0) is 6.92 Å². The number of aliphatic hydroxyl groups is 1. The number of carboxylic acids is 1. The highest BCUT2D eigenvalue weighted by molar-refractivity contribution is 8.03. The van der Waals surface area contributed by atoms with Crippen LogP contribution in [-0.4, -0.2) is 51.4 Å². The first-order chi connectivity index (χ1) is 8.49. The number of rotatable bonds is 5. The number of carbonyl (C=O) groups excluding carboxylic acids is 1. The van der Waals surface area contributed by atoms with Gasteiger partial charge in [-0.15, -0.1) is 11.8 Å². The number of fused-ring (bicyclic) bond motifs is 1. The molecule has 2 aliphatic rings. The number of thioether (sulfide) groups is 1. The Bertz CT molecular complexity index is 421. The van der Waals surface area contributed by atoms with E-state index in [4.69, 9.17) is 5.73 Å². The Morgan fingerprint density at radius 3 is 2.83 bits per heavy atom. The van der Waals surface area contributed by atoms with Gasteiger partial charge >= 0.3 is 5.97 Å². The van der Waals surface area contributed by atoms with Crippen molar-refractivity contribution < 1.29 is 19.8 Å². The second-order valence-electron chi connectivity index (χ2n) is 4.46. The zero-order valence-electron chi connectivity index (χ0n) is 10.00. The summed E-state index contributed by atoms with van der Waals surface area (Å²) in [6.45, 7) is 2.02. The van der Waals surface area contributed by atoms with Gasteiger partial charge in [-0.3, -0.25) is 4.79 Å². The molecule has 2 rings (SSSR count). The summed E-state index contributed by atoms with van der Waals surface area (Å²) in [5.74, 6) is -1.24. The number of hydrogen-bond donors (Lipinski definition) is 3. The Morgan fingerprint density at radius 1 is 1.67 bits per heavy atom. The van der Waals surface area contributed by atoms with Gasteiger partial charge < -0.3 is 20.8 Å². The highest BCUT2D eigenvalue weighted by Gasteiger charge is 2.56. The lowest BCUT2D eigenvalue weighted by molar-refractivity contribution is -0.161. The molecular weight excluding hydrogens is 256 g/mol. The fourth-order valence-corrected chi connectivity index (χ4v) is 3.52. The predicted molar refractivity (Wildman–Crippen MR) is 66.6 cm³/mol. The lowest BCUT2D eigenvalue weighted by Crippen LogP contribution is -2.61. The van der Waals surface area contributed by atoms with Crippen molar-refractivity contribution in [3.63, 3.8) is 0 Å². The van der Waals surface area contributed by atoms with E-state index >= 15 is 0 Å². The molecule has 0 aliphatic carbocycles. The van der Waals surface area contributed by atoms with Crippen molar-refractivity contribution in [2.75, 3.05) is 12.3 Å². The first-order valence-corrected chi connectivity index (χ1v) is 6.78. The van der Waals surface area contributed by atoms with Crippen molar-refractivity contribution >= 4 is 23.6 Å². The lowest BCUT2D eigenvalue weighted by Gasteiger charge is -2.44. The molecule has 3 atom stereocenters. The van der Waals surface area contributed by atoms with Crippen LogP contribution in [0, 0.1) is 5.92 Å². The van der Waals surface area contributed by atoms with Crippen LogP contribution in [-0.2, 0) is 9.59 Å². The van der Waals surface area contributed by atoms with E-state index in [1.165, 1.54) is 16.7 Å². The number of aliphatic hydroxyl groups excluding tert-OH is 1. The number of carbonyl (C=O) groups is 2. The van der Waals surface area contributed by atoms with E-state index in [2.05, 4.69) is 0 Å². The van der Waals surface area contributed by atoms with Crippen LogP contribution in [0.5, 0.6) is 0 Å². The number of β-lactam (4-membered cyclic amide) rings is 1. The second-order valence-corrected chi connectivity index (χ2v) is 5.65. The van der Waals surface area contributed by atoms with Gasteiger partial charge in [0.15, 0.2) is 0 Å². The highest BCUT2D eigenvalue weighted by Crippen LogP contribution is 2.46. The average Bonchev–Trinajstić information content (AvgIpc) is 2.60. The number of hydrogen-bond acceptors (Lipinski definition) is 5. The van der Waals surface area contributed by atoms with E-state index in [1.807, 2.05) is 0 Å². The summed E-state index contributed by atoms with van der Waals surface area (Å²) in [6, 6.07) is -0.205. The number of aliphatic carboxylic acids is 1. The molecule has 1 saturated heterocycles. The van der Waals surface area contributed by atoms with Gasteiger partial charge in [0.05, 0.1) is 18.1 Å². The van der Waals surface area contributed by atoms with Gasteiger partial charge in [-0.1, -0.05) is 0 Å². The molecule has 7 heteroatoms. The van der Waals surface area contributed by atoms with Gasteiger partial charge in [-0.25, -0.2) is 4.79 Å². The van der Waals surface area contributed by atoms with E-state index in [-0.39, 0.29) is 17.6 Å². The minimum absolute atomic E-state index is 0.0698. The van der Waals surface area contributed by atoms with Crippen molar-refractivity contribution in [1.29, 1.82) is 0 Å². The molecule has 1 fully saturated rings. The maximum Gasteiger partial charge on any atom is 0.353 e. The molecule has 1 unspecified atom stereocenters. The summed E-state index contributed by atoms with van der Waals surface area (Å²) in [5, 5.41) is 18.7. The van der Waals surface area contributed by atoms with Gasteiger partial charge in [0.1, 0.15) is 5.70 Å². The Labute approximate surface area is 109 Å². The molecule has 0 radical (unpaired) electrons. The van der Waals surface area contributed by atoms with Gasteiger partial charge in [0, 0.05) is 23.6 Å². The molecule has 4 N–H and O–H groups in total. The minimum atomic E-state index is -1.09. The molecule has 0 aromatic heterocycles. The Balaban J connectivity index is 2.21. The van der Waals surface area contributed by atoms with E-state index in [0.717, 1.165) is 0 Å². The number of carboxylic acid groups (broad SMARTS) is 1. The Hall–Kier alpha value is -1.05. The normalized spacial score (nSPS) is 28.2. The highest BCUT2D eigenvalue weighted by atomic mass is 32.2. The zero-order valence-corrected chi connectivity index (χ0v) is 10.8. The standard InChI is InChI=1S/C11H16N2O4S/c1-5(14)8-6-4-7(18-3-2-12)9(11(16)17)13(6)10(8)15/h5-6,8,14H,2-4,12H2,1H3,(H,16,17)/t5?,6-,8+/m0/s1. The van der Waals surface area contributed by atoms with Gasteiger partial charge in [0.2, 0.25) is 5.91 Å². The third-order valence-electron chi connectivity index (χ3n) is 3.28. The maximum atomic E-state index is 11.9. The molecule has 2 heterocycles. The third-order valence-corrected chi connectivity index (χ3v) is 4.43. The molecule has 2 aliphatic heterocycles. The summed E-state index contributed by atoms with van der Waals surface area (Å²) in [6.07, 6.45) is -0.235. The van der Waals surface area contributed by atoms with Crippen molar-refractivity contribution in [2.24, 2.45) is 11.7 Å². The van der Waals surface area contributed by atoms with Crippen molar-refractivity contribution in [3.8, 4) is 0 Å². The fraction of sp³-hybridized carbons (Fsp3) is 0.636. The minimum Gasteiger partial charge on any atom is -0.477 e. The zero-order chi connectivity index (χ0) is 13.4. The number of nitrogens with zero attached hydrogens (tertiary/aromatic N) is 1. The van der Waals surface area contributed by atoms with Crippen molar-refractivity contribution in [1.82, 2.24) is 4.90 Å². The first-order valence-electron chi connectivity index (χ1n) is 5.79. The third kappa shape index (κ3) is 1.92. The first kappa shape index (κ1) is 13.4. The molecule has 0 bridgehead atoms. The van der Waals surface area contributed by atoms with Crippen LogP contribution in [0.2, 0.25) is 0 Å². The van der Waals surface area contributed by atoms with Crippen LogP contribution >= 0.6 is 11.8 Å². The summed E-state index contributed by atoms with van der Waals surface area (Å²) in [4.78, 5) is 25.1. The van der Waals surface area contributed by atoms with Crippen molar-refractivity contribution in [3.05, 3.63) is 10.6 Å². The molecule has 6 nitrogen and oxygen atoms in total. The van der Waals surface area contributed by atoms with Crippen molar-refractivity contribution in [2.45, 2.75) is 25.5 Å². The topological polar surface area (TPSA) is 104 Å². The van der Waals surface area contributed by atoms with Crippen LogP contribution in [0.25, 0.3) is 0 Å². The lowest BCUT2D eigenvalue weighted by atomic mass is 9.83. The molecule has 0 spiro atoms. The summed E-state index contributed by atoms with van der Waals surface area (Å²) in [7, 11) is 0. The van der Waals surface area contributed by atoms with Gasteiger partial charge in [0.25, 0.3) is 0 Å². The molecule has 1 amide bonds. The van der Waals surface area contributed by atoms with E-state index in [1.54, 1.807) is 6.92 Å². The molecule has 0 saturated carbocycles. The maximum absolute atomic E-state index is 11.9. The molecule has 100 valence electrons. The molecule has 0 aromatic rings. The molecule has 0 aromatic carbocycles. The van der Waals surface area contributed by atoms with E-state index in [9.17, 15) is 19.8 Å². The number of nitrogens with two attached hydrogens (primary N) is 1. The Morgan fingerprint density at radius 2 is 2.33 bits per heavy atom. The summed E-state index contributed by atoms with van der Waals surface area (Å²) < 4.78 is 0. The predicted octanol–water partition coefficient (Wildman–Crippen LogP) is -0.414. The van der Waals surface area contributed by atoms with E-state index < -0.39 is 18.0 Å². The van der Waals surface area contributed by atoms with Crippen LogP contribution in [0.15, 0.2) is 10.6 Å². The molecule has 18 heavy (non-hydrogen) atoms. The molecular formula is C11H16N2O4S. The van der Waals surface area contributed by atoms with Crippen LogP contribution in [0.4, 0.5) is 0 Å². The summed E-state index contributed by atoms with van der Waals surface area (Å²) in [5.41, 5.74) is 5.47. The Kier molecular flexibility index (Phi) is 3.65. The smallest absolute Gasteiger partial charge is 0.353 e. The monoisotopic (exact) mass is 272 g/mol. The van der Waals surface area contributed by atoms with E-state index in [0.29, 0.717) is 23.6 Å². The fourth-order valence-electron chi connectivity index (χ4n) is 2.54. The largest absolute Gasteiger partial charge is 0.477 e. The second kappa shape index (κ2) is 4.91. The van der Waals surface area contributed by atoms with Gasteiger partial charge in [-0.2, -0.15) is 0 Å². The average molecular weight is 272 g/mol. The van der Waals surface area contributed by atoms with Crippen LogP contribution in [0.1, 0.15) is 13.3 Å². The SMILES string of the molecule is CC(O)[C@H]1C(=O)N2C(C(=O)O)=C(SCCN)C[C@@H]12. The van der Waals surface area contributed by atoms with Crippen LogP contribution in [0.3, 0.4) is 0 Å². The quantitative estimate of drug-likeness (QED) is 0.588. The van der Waals surface area contributed by atoms with Crippen LogP contribution < -0.4 is 5.73 Å².